The second-order valence-corrected chi connectivity index (χ2v) is 5.01. The maximum Gasteiger partial charge on any atom is 0.227 e. The molecule has 5 nitrogen and oxygen atoms in total. The second kappa shape index (κ2) is 5.60. The smallest absolute Gasteiger partial charge is 0.227 e. The highest BCUT2D eigenvalue weighted by molar-refractivity contribution is 4.86. The fraction of sp³-hybridized carbons (Fsp3) is 0.833. The molecule has 1 aliphatic rings. The molecule has 2 rings (SSSR count). The van der Waals surface area contributed by atoms with Gasteiger partial charge in [0.1, 0.15) is 0 Å². The lowest BCUT2D eigenvalue weighted by Crippen LogP contribution is -2.36. The van der Waals surface area contributed by atoms with Gasteiger partial charge < -0.3 is 9.84 Å². The lowest BCUT2D eigenvalue weighted by Gasteiger charge is -2.20. The van der Waals surface area contributed by atoms with Gasteiger partial charge in [-0.25, -0.2) is 0 Å². The molecule has 5 heteroatoms. The number of nitrogens with zero attached hydrogens (tertiary/aromatic N) is 3. The summed E-state index contributed by atoms with van der Waals surface area (Å²) in [7, 11) is 0. The van der Waals surface area contributed by atoms with Crippen molar-refractivity contribution < 1.29 is 4.52 Å². The van der Waals surface area contributed by atoms with Crippen molar-refractivity contribution in [1.29, 1.82) is 0 Å². The molecule has 0 saturated carbocycles. The molecule has 1 unspecified atom stereocenters. The van der Waals surface area contributed by atoms with Gasteiger partial charge in [-0.15, -0.1) is 0 Å². The van der Waals surface area contributed by atoms with Gasteiger partial charge in [-0.3, -0.25) is 4.90 Å². The maximum atomic E-state index is 5.08. The van der Waals surface area contributed by atoms with Gasteiger partial charge in [0, 0.05) is 31.6 Å². The molecule has 1 atom stereocenters. The predicted octanol–water partition coefficient (Wildman–Crippen LogP) is 0.993. The second-order valence-electron chi connectivity index (χ2n) is 5.01. The van der Waals surface area contributed by atoms with Gasteiger partial charge in [0.15, 0.2) is 5.82 Å². The van der Waals surface area contributed by atoms with Gasteiger partial charge in [-0.1, -0.05) is 5.16 Å². The lowest BCUT2D eigenvalue weighted by atomic mass is 10.2. The Morgan fingerprint density at radius 2 is 2.35 bits per heavy atom. The molecule has 17 heavy (non-hydrogen) atoms. The van der Waals surface area contributed by atoms with Crippen molar-refractivity contribution in [3.05, 3.63) is 11.7 Å². The Morgan fingerprint density at radius 3 is 2.94 bits per heavy atom. The van der Waals surface area contributed by atoms with Gasteiger partial charge in [0.2, 0.25) is 5.89 Å². The average molecular weight is 238 g/mol. The number of aryl methyl sites for hydroxylation is 1. The minimum absolute atomic E-state index is 0.612. The van der Waals surface area contributed by atoms with Crippen molar-refractivity contribution in [2.24, 2.45) is 0 Å². The lowest BCUT2D eigenvalue weighted by molar-refractivity contribution is 0.268. The molecule has 1 aromatic rings. The van der Waals surface area contributed by atoms with Crippen LogP contribution in [0.2, 0.25) is 0 Å². The first-order valence-corrected chi connectivity index (χ1v) is 6.42. The quantitative estimate of drug-likeness (QED) is 0.829. The molecule has 0 amide bonds. The molecular weight excluding hydrogens is 216 g/mol. The summed E-state index contributed by atoms with van der Waals surface area (Å²) in [6.45, 7) is 9.62. The van der Waals surface area contributed by atoms with E-state index in [4.69, 9.17) is 4.52 Å². The molecule has 0 aliphatic carbocycles. The molecule has 0 aromatic carbocycles. The molecule has 1 N–H and O–H groups in total. The summed E-state index contributed by atoms with van der Waals surface area (Å²) in [5.41, 5.74) is 0. The van der Waals surface area contributed by atoms with Gasteiger partial charge in [0.05, 0.1) is 0 Å². The van der Waals surface area contributed by atoms with Crippen LogP contribution in [0.1, 0.15) is 32.0 Å². The van der Waals surface area contributed by atoms with E-state index in [0.29, 0.717) is 17.9 Å². The van der Waals surface area contributed by atoms with Crippen LogP contribution < -0.4 is 5.32 Å². The van der Waals surface area contributed by atoms with Crippen molar-refractivity contribution in [2.45, 2.75) is 45.7 Å². The van der Waals surface area contributed by atoms with Crippen molar-refractivity contribution >= 4 is 0 Å². The van der Waals surface area contributed by atoms with E-state index in [0.717, 1.165) is 25.4 Å². The van der Waals surface area contributed by atoms with Crippen LogP contribution in [-0.2, 0) is 6.42 Å². The number of aromatic nitrogens is 2. The van der Waals surface area contributed by atoms with Crippen LogP contribution in [0, 0.1) is 6.92 Å². The summed E-state index contributed by atoms with van der Waals surface area (Å²) < 4.78 is 5.08. The number of rotatable bonds is 5. The van der Waals surface area contributed by atoms with Crippen molar-refractivity contribution in [2.75, 3.05) is 19.6 Å². The molecule has 0 bridgehead atoms. The average Bonchev–Trinajstić information content (AvgIpc) is 2.88. The molecule has 0 spiro atoms. The van der Waals surface area contributed by atoms with Crippen molar-refractivity contribution in [3.63, 3.8) is 0 Å². The minimum atomic E-state index is 0.612. The molecular formula is C12H22N4O. The van der Waals surface area contributed by atoms with Gasteiger partial charge in [-0.2, -0.15) is 4.98 Å². The van der Waals surface area contributed by atoms with Crippen LogP contribution >= 0.6 is 0 Å². The standard InChI is InChI=1S/C12H22N4O/c1-9(2)16-7-5-11(8-16)13-6-4-12-14-10(3)15-17-12/h9,11,13H,4-8H2,1-3H3. The van der Waals surface area contributed by atoms with E-state index in [9.17, 15) is 0 Å². The third kappa shape index (κ3) is 3.51. The highest BCUT2D eigenvalue weighted by atomic mass is 16.5. The van der Waals surface area contributed by atoms with E-state index in [1.54, 1.807) is 0 Å². The molecule has 1 saturated heterocycles. The topological polar surface area (TPSA) is 54.2 Å². The molecule has 2 heterocycles. The first-order chi connectivity index (χ1) is 8.15. The number of likely N-dealkylation sites (tertiary alicyclic amines) is 1. The molecule has 1 fully saturated rings. The summed E-state index contributed by atoms with van der Waals surface area (Å²) in [5.74, 6) is 1.44. The summed E-state index contributed by atoms with van der Waals surface area (Å²) >= 11 is 0. The SMILES string of the molecule is Cc1noc(CCNC2CCN(C(C)C)C2)n1. The van der Waals surface area contributed by atoms with E-state index in [-0.39, 0.29) is 0 Å². The first-order valence-electron chi connectivity index (χ1n) is 6.42. The van der Waals surface area contributed by atoms with Gasteiger partial charge >= 0.3 is 0 Å². The Hall–Kier alpha value is -0.940. The minimum Gasteiger partial charge on any atom is -0.339 e. The fourth-order valence-electron chi connectivity index (χ4n) is 2.25. The highest BCUT2D eigenvalue weighted by Gasteiger charge is 2.23. The zero-order valence-corrected chi connectivity index (χ0v) is 10.9. The monoisotopic (exact) mass is 238 g/mol. The Bertz CT molecular complexity index is 350. The molecule has 1 aromatic heterocycles. The van der Waals surface area contributed by atoms with E-state index in [2.05, 4.69) is 34.2 Å². The maximum absolute atomic E-state index is 5.08. The van der Waals surface area contributed by atoms with Gasteiger partial charge in [0.25, 0.3) is 0 Å². The Balaban J connectivity index is 1.66. The number of nitrogens with one attached hydrogen (secondary N) is 1. The summed E-state index contributed by atoms with van der Waals surface area (Å²) in [6, 6.07) is 1.27. The Kier molecular flexibility index (Phi) is 4.12. The van der Waals surface area contributed by atoms with Crippen molar-refractivity contribution in [3.8, 4) is 0 Å². The van der Waals surface area contributed by atoms with Crippen molar-refractivity contribution in [1.82, 2.24) is 20.4 Å². The van der Waals surface area contributed by atoms with Crippen LogP contribution in [0.5, 0.6) is 0 Å². The van der Waals surface area contributed by atoms with Crippen LogP contribution in [0.4, 0.5) is 0 Å². The van der Waals surface area contributed by atoms with E-state index in [1.807, 2.05) is 6.92 Å². The largest absolute Gasteiger partial charge is 0.339 e. The zero-order valence-electron chi connectivity index (χ0n) is 10.9. The van der Waals surface area contributed by atoms with Gasteiger partial charge in [-0.05, 0) is 33.7 Å². The first kappa shape index (κ1) is 12.5. The normalized spacial score (nSPS) is 21.5. The van der Waals surface area contributed by atoms with Crippen LogP contribution in [-0.4, -0.2) is 46.8 Å². The third-order valence-corrected chi connectivity index (χ3v) is 3.29. The summed E-state index contributed by atoms with van der Waals surface area (Å²) in [5, 5.41) is 7.33. The predicted molar refractivity (Wildman–Crippen MR) is 65.9 cm³/mol. The van der Waals surface area contributed by atoms with E-state index in [1.165, 1.54) is 13.0 Å². The highest BCUT2D eigenvalue weighted by Crippen LogP contribution is 2.12. The van der Waals surface area contributed by atoms with E-state index >= 15 is 0 Å². The summed E-state index contributed by atoms with van der Waals surface area (Å²) in [4.78, 5) is 6.70. The zero-order chi connectivity index (χ0) is 12.3. The summed E-state index contributed by atoms with van der Waals surface area (Å²) in [6.07, 6.45) is 2.06. The molecule has 1 aliphatic heterocycles. The van der Waals surface area contributed by atoms with Crippen LogP contribution in [0.25, 0.3) is 0 Å². The fourth-order valence-corrected chi connectivity index (χ4v) is 2.25. The number of hydrogen-bond donors (Lipinski definition) is 1. The Labute approximate surface area is 103 Å². The number of hydrogen-bond acceptors (Lipinski definition) is 5. The van der Waals surface area contributed by atoms with Crippen LogP contribution in [0.3, 0.4) is 0 Å². The van der Waals surface area contributed by atoms with E-state index < -0.39 is 0 Å². The molecule has 0 radical (unpaired) electrons. The molecule has 96 valence electrons. The Morgan fingerprint density at radius 1 is 1.53 bits per heavy atom. The third-order valence-electron chi connectivity index (χ3n) is 3.29. The van der Waals surface area contributed by atoms with Crippen LogP contribution in [0.15, 0.2) is 4.52 Å².